The largest absolute Gasteiger partial charge is 0.393 e. The maximum Gasteiger partial charge on any atom is 0.0170 e. The molecule has 1 rings (SSSR count). The molecule has 2 heteroatoms. The van der Waals surface area contributed by atoms with Gasteiger partial charge in [0.2, 0.25) is 0 Å². The van der Waals surface area contributed by atoms with Crippen molar-refractivity contribution in [3.63, 3.8) is 0 Å². The quantitative estimate of drug-likeness (QED) is 0.578. The van der Waals surface area contributed by atoms with E-state index >= 15 is 0 Å². The summed E-state index contributed by atoms with van der Waals surface area (Å²) in [5, 5.41) is 6.12. The molecule has 1 saturated carbocycles. The lowest BCUT2D eigenvalue weighted by Gasteiger charge is -1.94. The molecular formula is C7H14N2. The van der Waals surface area contributed by atoms with Gasteiger partial charge in [0, 0.05) is 26.0 Å². The monoisotopic (exact) mass is 126 g/mol. The fraction of sp³-hybridized carbons (Fsp3) is 0.714. The van der Waals surface area contributed by atoms with E-state index in [0.29, 0.717) is 0 Å². The first kappa shape index (κ1) is 6.46. The Morgan fingerprint density at radius 3 is 2.78 bits per heavy atom. The van der Waals surface area contributed by atoms with Gasteiger partial charge in [0.25, 0.3) is 0 Å². The van der Waals surface area contributed by atoms with Crippen molar-refractivity contribution in [3.8, 4) is 0 Å². The predicted octanol–water partition coefficient (Wildman–Crippen LogP) is 0.677. The molecule has 0 spiro atoms. The summed E-state index contributed by atoms with van der Waals surface area (Å²) < 4.78 is 0. The number of hydrogen-bond donors (Lipinski definition) is 2. The Labute approximate surface area is 56.3 Å². The van der Waals surface area contributed by atoms with Crippen molar-refractivity contribution in [1.29, 1.82) is 0 Å². The molecule has 0 amide bonds. The van der Waals surface area contributed by atoms with Crippen LogP contribution in [0.1, 0.15) is 12.8 Å². The summed E-state index contributed by atoms with van der Waals surface area (Å²) in [6.07, 6.45) is 6.70. The zero-order valence-corrected chi connectivity index (χ0v) is 5.85. The Bertz CT molecular complexity index is 95.1. The van der Waals surface area contributed by atoms with Gasteiger partial charge < -0.3 is 10.6 Å². The Kier molecular flexibility index (Phi) is 2.43. The highest BCUT2D eigenvalue weighted by molar-refractivity contribution is 4.81. The zero-order valence-electron chi connectivity index (χ0n) is 5.85. The minimum Gasteiger partial charge on any atom is -0.393 e. The first-order valence-electron chi connectivity index (χ1n) is 3.49. The fourth-order valence-electron chi connectivity index (χ4n) is 0.699. The maximum absolute atomic E-state index is 3.21. The first-order chi connectivity index (χ1) is 4.43. The standard InChI is InChI=1S/C7H14N2/c1-8-4-5-9-6-7-2-3-7/h4-5,7-9H,2-3,6H2,1H3. The molecule has 1 fully saturated rings. The van der Waals surface area contributed by atoms with Crippen molar-refractivity contribution in [2.45, 2.75) is 12.8 Å². The third-order valence-electron chi connectivity index (χ3n) is 1.47. The molecule has 0 heterocycles. The topological polar surface area (TPSA) is 24.1 Å². The second-order valence-corrected chi connectivity index (χ2v) is 2.47. The first-order valence-corrected chi connectivity index (χ1v) is 3.49. The van der Waals surface area contributed by atoms with Crippen LogP contribution in [0.4, 0.5) is 0 Å². The van der Waals surface area contributed by atoms with Crippen LogP contribution in [0.25, 0.3) is 0 Å². The summed E-state index contributed by atoms with van der Waals surface area (Å²) in [4.78, 5) is 0. The smallest absolute Gasteiger partial charge is 0.0170 e. The maximum atomic E-state index is 3.21. The lowest BCUT2D eigenvalue weighted by atomic mass is 10.4. The molecule has 1 aliphatic carbocycles. The van der Waals surface area contributed by atoms with Gasteiger partial charge in [-0.3, -0.25) is 0 Å². The summed E-state index contributed by atoms with van der Waals surface area (Å²) >= 11 is 0. The molecule has 0 bridgehead atoms. The van der Waals surface area contributed by atoms with Gasteiger partial charge in [0.15, 0.2) is 0 Å². The van der Waals surface area contributed by atoms with Crippen molar-refractivity contribution >= 4 is 0 Å². The molecule has 0 aromatic carbocycles. The summed E-state index contributed by atoms with van der Waals surface area (Å²) in [6.45, 7) is 1.15. The van der Waals surface area contributed by atoms with Gasteiger partial charge in [-0.05, 0) is 18.8 Å². The van der Waals surface area contributed by atoms with Crippen LogP contribution >= 0.6 is 0 Å². The molecule has 0 aromatic rings. The summed E-state index contributed by atoms with van der Waals surface area (Å²) in [5.41, 5.74) is 0. The molecule has 52 valence electrons. The normalized spacial score (nSPS) is 18.3. The predicted molar refractivity (Wildman–Crippen MR) is 38.9 cm³/mol. The third kappa shape index (κ3) is 3.01. The Hall–Kier alpha value is -0.660. The Morgan fingerprint density at radius 2 is 2.22 bits per heavy atom. The molecule has 0 saturated heterocycles. The molecule has 1 aliphatic rings. The second-order valence-electron chi connectivity index (χ2n) is 2.47. The number of nitrogens with one attached hydrogen (secondary N) is 2. The van der Waals surface area contributed by atoms with Crippen molar-refractivity contribution in [2.24, 2.45) is 5.92 Å². The van der Waals surface area contributed by atoms with Crippen molar-refractivity contribution in [1.82, 2.24) is 10.6 Å². The Balaban J connectivity index is 1.85. The Morgan fingerprint density at radius 1 is 1.44 bits per heavy atom. The van der Waals surface area contributed by atoms with Crippen LogP contribution in [0.3, 0.4) is 0 Å². The van der Waals surface area contributed by atoms with E-state index in [0.717, 1.165) is 12.5 Å². The molecule has 0 aliphatic heterocycles. The van der Waals surface area contributed by atoms with Gasteiger partial charge in [-0.15, -0.1) is 0 Å². The van der Waals surface area contributed by atoms with Crippen molar-refractivity contribution in [3.05, 3.63) is 12.4 Å². The lowest BCUT2D eigenvalue weighted by Crippen LogP contribution is -2.09. The van der Waals surface area contributed by atoms with E-state index in [-0.39, 0.29) is 0 Å². The fourth-order valence-corrected chi connectivity index (χ4v) is 0.699. The lowest BCUT2D eigenvalue weighted by molar-refractivity contribution is 0.744. The molecule has 0 unspecified atom stereocenters. The highest BCUT2D eigenvalue weighted by Gasteiger charge is 2.19. The van der Waals surface area contributed by atoms with Gasteiger partial charge >= 0.3 is 0 Å². The molecule has 2 nitrogen and oxygen atoms in total. The zero-order chi connectivity index (χ0) is 6.53. The van der Waals surface area contributed by atoms with Crippen LogP contribution in [-0.2, 0) is 0 Å². The number of rotatable bonds is 4. The van der Waals surface area contributed by atoms with Crippen LogP contribution < -0.4 is 10.6 Å². The third-order valence-corrected chi connectivity index (χ3v) is 1.47. The van der Waals surface area contributed by atoms with Crippen molar-refractivity contribution in [2.75, 3.05) is 13.6 Å². The SMILES string of the molecule is CNC=CNCC1CC1. The van der Waals surface area contributed by atoms with Crippen LogP contribution in [-0.4, -0.2) is 13.6 Å². The van der Waals surface area contributed by atoms with E-state index in [2.05, 4.69) is 10.6 Å². The number of hydrogen-bond acceptors (Lipinski definition) is 2. The molecule has 0 aromatic heterocycles. The van der Waals surface area contributed by atoms with E-state index in [1.165, 1.54) is 12.8 Å². The van der Waals surface area contributed by atoms with E-state index < -0.39 is 0 Å². The van der Waals surface area contributed by atoms with Crippen LogP contribution in [0.5, 0.6) is 0 Å². The average molecular weight is 126 g/mol. The van der Waals surface area contributed by atoms with E-state index in [1.807, 2.05) is 19.4 Å². The minimum atomic E-state index is 0.964. The van der Waals surface area contributed by atoms with E-state index in [9.17, 15) is 0 Å². The molecule has 0 atom stereocenters. The van der Waals surface area contributed by atoms with E-state index in [4.69, 9.17) is 0 Å². The molecule has 9 heavy (non-hydrogen) atoms. The van der Waals surface area contributed by atoms with Gasteiger partial charge in [-0.25, -0.2) is 0 Å². The van der Waals surface area contributed by atoms with Crippen LogP contribution in [0.2, 0.25) is 0 Å². The minimum absolute atomic E-state index is 0.964. The van der Waals surface area contributed by atoms with E-state index in [1.54, 1.807) is 0 Å². The molecular weight excluding hydrogens is 112 g/mol. The van der Waals surface area contributed by atoms with Crippen LogP contribution in [0, 0.1) is 5.92 Å². The molecule has 2 N–H and O–H groups in total. The highest BCUT2D eigenvalue weighted by Crippen LogP contribution is 2.27. The van der Waals surface area contributed by atoms with Crippen molar-refractivity contribution < 1.29 is 0 Å². The summed E-state index contributed by atoms with van der Waals surface area (Å²) in [5.74, 6) is 0.964. The summed E-state index contributed by atoms with van der Waals surface area (Å²) in [7, 11) is 1.90. The second kappa shape index (κ2) is 3.38. The molecule has 0 radical (unpaired) electrons. The van der Waals surface area contributed by atoms with Gasteiger partial charge in [0.05, 0.1) is 0 Å². The van der Waals surface area contributed by atoms with Gasteiger partial charge in [-0.1, -0.05) is 0 Å². The summed E-state index contributed by atoms with van der Waals surface area (Å²) in [6, 6.07) is 0. The van der Waals surface area contributed by atoms with Gasteiger partial charge in [0.1, 0.15) is 0 Å². The van der Waals surface area contributed by atoms with Crippen LogP contribution in [0.15, 0.2) is 12.4 Å². The average Bonchev–Trinajstić information content (AvgIpc) is 2.63. The highest BCUT2D eigenvalue weighted by atomic mass is 14.9. The van der Waals surface area contributed by atoms with Gasteiger partial charge in [-0.2, -0.15) is 0 Å².